The van der Waals surface area contributed by atoms with Gasteiger partial charge in [-0.25, -0.2) is 0 Å². The van der Waals surface area contributed by atoms with Crippen molar-refractivity contribution in [3.8, 4) is 0 Å². The molecule has 0 atom stereocenters. The fourth-order valence-electron chi connectivity index (χ4n) is 1.91. The maximum Gasteiger partial charge on any atom is 0.317 e. The zero-order chi connectivity index (χ0) is 11.2. The van der Waals surface area contributed by atoms with Crippen molar-refractivity contribution in [3.63, 3.8) is 0 Å². The van der Waals surface area contributed by atoms with Gasteiger partial charge in [0.1, 0.15) is 0 Å². The van der Waals surface area contributed by atoms with Gasteiger partial charge < -0.3 is 10.4 Å². The number of aliphatic carboxylic acids is 1. The second kappa shape index (κ2) is 6.02. The molecule has 3 heteroatoms. The lowest BCUT2D eigenvalue weighted by Gasteiger charge is -2.34. The molecule has 0 aliphatic carbocycles. The van der Waals surface area contributed by atoms with Crippen LogP contribution in [0.2, 0.25) is 0 Å². The molecule has 0 aromatic heterocycles. The Labute approximate surface area is 86.9 Å². The molecule has 0 aliphatic heterocycles. The third kappa shape index (κ3) is 4.61. The minimum Gasteiger partial charge on any atom is -0.480 e. The molecule has 0 radical (unpaired) electrons. The Hall–Kier alpha value is -0.570. The summed E-state index contributed by atoms with van der Waals surface area (Å²) in [5.74, 6) is -0.184. The molecule has 0 heterocycles. The van der Waals surface area contributed by atoms with Crippen molar-refractivity contribution in [2.45, 2.75) is 52.5 Å². The first-order valence-electron chi connectivity index (χ1n) is 5.42. The standard InChI is InChI=1S/C11H23NO2/c1-5-11(6-2,7-9(3)4)12-8-10(13)14/h9,12H,5-8H2,1-4H3,(H,13,14). The van der Waals surface area contributed by atoms with Crippen molar-refractivity contribution in [2.24, 2.45) is 5.92 Å². The predicted molar refractivity (Wildman–Crippen MR) is 58.4 cm³/mol. The molecule has 0 amide bonds. The minimum atomic E-state index is -0.778. The van der Waals surface area contributed by atoms with E-state index in [-0.39, 0.29) is 12.1 Å². The molecule has 0 rings (SSSR count). The van der Waals surface area contributed by atoms with Gasteiger partial charge in [0.25, 0.3) is 0 Å². The number of carbonyl (C=O) groups is 1. The molecule has 84 valence electrons. The van der Waals surface area contributed by atoms with E-state index in [9.17, 15) is 4.79 Å². The summed E-state index contributed by atoms with van der Waals surface area (Å²) >= 11 is 0. The SMILES string of the molecule is CCC(CC)(CC(C)C)NCC(=O)O. The van der Waals surface area contributed by atoms with Gasteiger partial charge in [0.05, 0.1) is 6.54 Å². The van der Waals surface area contributed by atoms with Gasteiger partial charge >= 0.3 is 5.97 Å². The van der Waals surface area contributed by atoms with E-state index in [4.69, 9.17) is 5.11 Å². The highest BCUT2D eigenvalue weighted by Gasteiger charge is 2.26. The van der Waals surface area contributed by atoms with Crippen LogP contribution in [-0.4, -0.2) is 23.2 Å². The van der Waals surface area contributed by atoms with Crippen LogP contribution in [0.1, 0.15) is 47.0 Å². The number of carboxylic acid groups (broad SMARTS) is 1. The van der Waals surface area contributed by atoms with Gasteiger partial charge in [0.2, 0.25) is 0 Å². The van der Waals surface area contributed by atoms with Crippen LogP contribution in [-0.2, 0) is 4.79 Å². The molecule has 0 unspecified atom stereocenters. The number of hydrogen-bond acceptors (Lipinski definition) is 2. The van der Waals surface area contributed by atoms with Crippen LogP contribution >= 0.6 is 0 Å². The summed E-state index contributed by atoms with van der Waals surface area (Å²) in [6, 6.07) is 0. The zero-order valence-corrected chi connectivity index (χ0v) is 9.76. The Bertz CT molecular complexity index is 174. The van der Waals surface area contributed by atoms with Crippen LogP contribution < -0.4 is 5.32 Å². The minimum absolute atomic E-state index is 0.00650. The number of nitrogens with one attached hydrogen (secondary N) is 1. The van der Waals surface area contributed by atoms with E-state index in [2.05, 4.69) is 33.0 Å². The predicted octanol–water partition coefficient (Wildman–Crippen LogP) is 2.27. The van der Waals surface area contributed by atoms with Crippen LogP contribution in [0.15, 0.2) is 0 Å². The molecule has 0 saturated carbocycles. The maximum absolute atomic E-state index is 10.5. The van der Waals surface area contributed by atoms with Crippen molar-refractivity contribution < 1.29 is 9.90 Å². The monoisotopic (exact) mass is 201 g/mol. The molecule has 0 aromatic carbocycles. The second-order valence-corrected chi connectivity index (χ2v) is 4.33. The van der Waals surface area contributed by atoms with E-state index < -0.39 is 5.97 Å². The van der Waals surface area contributed by atoms with Crippen LogP contribution in [0, 0.1) is 5.92 Å². The summed E-state index contributed by atoms with van der Waals surface area (Å²) < 4.78 is 0. The molecular weight excluding hydrogens is 178 g/mol. The van der Waals surface area contributed by atoms with Crippen LogP contribution in [0.3, 0.4) is 0 Å². The number of hydrogen-bond donors (Lipinski definition) is 2. The molecule has 3 nitrogen and oxygen atoms in total. The summed E-state index contributed by atoms with van der Waals surface area (Å²) in [7, 11) is 0. The van der Waals surface area contributed by atoms with Crippen molar-refractivity contribution in [1.29, 1.82) is 0 Å². The summed E-state index contributed by atoms with van der Waals surface area (Å²) in [4.78, 5) is 10.5. The van der Waals surface area contributed by atoms with E-state index in [1.54, 1.807) is 0 Å². The number of rotatable bonds is 7. The molecule has 0 bridgehead atoms. The molecule has 0 aromatic rings. The molecule has 0 aliphatic rings. The van der Waals surface area contributed by atoms with E-state index in [1.807, 2.05) is 0 Å². The highest BCUT2D eigenvalue weighted by atomic mass is 16.4. The summed E-state index contributed by atoms with van der Waals surface area (Å²) in [6.07, 6.45) is 3.00. The van der Waals surface area contributed by atoms with E-state index >= 15 is 0 Å². The first kappa shape index (κ1) is 13.4. The van der Waals surface area contributed by atoms with Gasteiger partial charge in [-0.2, -0.15) is 0 Å². The summed E-state index contributed by atoms with van der Waals surface area (Å²) in [5.41, 5.74) is 0.00650. The molecule has 0 fully saturated rings. The molecule has 14 heavy (non-hydrogen) atoms. The zero-order valence-electron chi connectivity index (χ0n) is 9.76. The van der Waals surface area contributed by atoms with Crippen molar-refractivity contribution in [1.82, 2.24) is 5.32 Å². The molecular formula is C11H23NO2. The highest BCUT2D eigenvalue weighted by molar-refractivity contribution is 5.69. The lowest BCUT2D eigenvalue weighted by atomic mass is 9.84. The van der Waals surface area contributed by atoms with Gasteiger partial charge in [-0.15, -0.1) is 0 Å². The van der Waals surface area contributed by atoms with Crippen molar-refractivity contribution >= 4 is 5.97 Å². The Morgan fingerprint density at radius 1 is 1.36 bits per heavy atom. The Kier molecular flexibility index (Phi) is 5.77. The van der Waals surface area contributed by atoms with Gasteiger partial charge in [0, 0.05) is 5.54 Å². The Balaban J connectivity index is 4.28. The normalized spacial score (nSPS) is 12.1. The molecule has 2 N–H and O–H groups in total. The fraction of sp³-hybridized carbons (Fsp3) is 0.909. The molecule has 0 saturated heterocycles. The third-order valence-electron chi connectivity index (χ3n) is 2.77. The summed E-state index contributed by atoms with van der Waals surface area (Å²) in [6.45, 7) is 8.63. The fourth-order valence-corrected chi connectivity index (χ4v) is 1.91. The number of carboxylic acids is 1. The smallest absolute Gasteiger partial charge is 0.317 e. The van der Waals surface area contributed by atoms with Gasteiger partial charge in [0.15, 0.2) is 0 Å². The van der Waals surface area contributed by atoms with Crippen LogP contribution in [0.4, 0.5) is 0 Å². The second-order valence-electron chi connectivity index (χ2n) is 4.33. The maximum atomic E-state index is 10.5. The van der Waals surface area contributed by atoms with E-state index in [0.717, 1.165) is 19.3 Å². The quantitative estimate of drug-likeness (QED) is 0.664. The van der Waals surface area contributed by atoms with Gasteiger partial charge in [-0.1, -0.05) is 27.7 Å². The van der Waals surface area contributed by atoms with Gasteiger partial charge in [-0.3, -0.25) is 4.79 Å². The van der Waals surface area contributed by atoms with E-state index in [0.29, 0.717) is 5.92 Å². The van der Waals surface area contributed by atoms with Crippen molar-refractivity contribution in [3.05, 3.63) is 0 Å². The van der Waals surface area contributed by atoms with Crippen molar-refractivity contribution in [2.75, 3.05) is 6.54 Å². The lowest BCUT2D eigenvalue weighted by Crippen LogP contribution is -2.47. The lowest BCUT2D eigenvalue weighted by molar-refractivity contribution is -0.136. The Morgan fingerprint density at radius 3 is 2.14 bits per heavy atom. The van der Waals surface area contributed by atoms with E-state index in [1.165, 1.54) is 0 Å². The first-order chi connectivity index (χ1) is 6.45. The summed E-state index contributed by atoms with van der Waals surface area (Å²) in [5, 5.41) is 11.8. The topological polar surface area (TPSA) is 49.3 Å². The van der Waals surface area contributed by atoms with Crippen LogP contribution in [0.25, 0.3) is 0 Å². The first-order valence-corrected chi connectivity index (χ1v) is 5.42. The average Bonchev–Trinajstić information content (AvgIpc) is 2.11. The van der Waals surface area contributed by atoms with Gasteiger partial charge in [-0.05, 0) is 25.2 Å². The third-order valence-corrected chi connectivity index (χ3v) is 2.77. The highest BCUT2D eigenvalue weighted by Crippen LogP contribution is 2.23. The molecule has 0 spiro atoms. The average molecular weight is 201 g/mol. The largest absolute Gasteiger partial charge is 0.480 e. The van der Waals surface area contributed by atoms with Crippen LogP contribution in [0.5, 0.6) is 0 Å². The Morgan fingerprint density at radius 2 is 1.86 bits per heavy atom.